The number of amides is 2. The molecule has 3 rings (SSSR count). The first-order valence-corrected chi connectivity index (χ1v) is 10.4. The molecule has 1 saturated carbocycles. The molecule has 1 unspecified atom stereocenters. The molecule has 0 aromatic carbocycles. The Balaban J connectivity index is 1.62. The van der Waals surface area contributed by atoms with Crippen LogP contribution in [0.15, 0.2) is 30.5 Å². The average molecular weight is 450 g/mol. The van der Waals surface area contributed by atoms with Crippen molar-refractivity contribution >= 4 is 17.6 Å². The van der Waals surface area contributed by atoms with E-state index in [0.29, 0.717) is 22.6 Å². The summed E-state index contributed by atoms with van der Waals surface area (Å²) in [6.45, 7) is 2.03. The molecule has 1 aliphatic carbocycles. The van der Waals surface area contributed by atoms with Crippen molar-refractivity contribution in [3.05, 3.63) is 47.3 Å². The van der Waals surface area contributed by atoms with E-state index in [9.17, 15) is 22.8 Å². The van der Waals surface area contributed by atoms with E-state index in [0.717, 1.165) is 25.7 Å². The van der Waals surface area contributed by atoms with E-state index in [2.05, 4.69) is 25.3 Å². The standard InChI is InChI=1S/C22H25F3N4O3/c1-13-9-17(10-18(27-13)29-20(30)15-5-3-4-6-15)21(31)28-14(2)16-7-8-19(26-11-16)32-12-22(23,24)25/h7-11,14-15H,3-6,12H2,1-2H3,(H,28,31)(H,27,29,30). The number of nitrogens with one attached hydrogen (secondary N) is 2. The van der Waals surface area contributed by atoms with Gasteiger partial charge in [0.25, 0.3) is 5.91 Å². The molecule has 0 radical (unpaired) electrons. The van der Waals surface area contributed by atoms with E-state index in [1.54, 1.807) is 19.9 Å². The van der Waals surface area contributed by atoms with Crippen LogP contribution in [0.1, 0.15) is 60.3 Å². The fraction of sp³-hybridized carbons (Fsp3) is 0.455. The smallest absolute Gasteiger partial charge is 0.422 e. The Kier molecular flexibility index (Phi) is 7.32. The molecule has 172 valence electrons. The lowest BCUT2D eigenvalue weighted by Gasteiger charge is -2.16. The first-order chi connectivity index (χ1) is 15.1. The van der Waals surface area contributed by atoms with Gasteiger partial charge in [0.1, 0.15) is 5.82 Å². The van der Waals surface area contributed by atoms with E-state index in [1.165, 1.54) is 24.4 Å². The Morgan fingerprint density at radius 1 is 1.22 bits per heavy atom. The fourth-order valence-electron chi connectivity index (χ4n) is 3.53. The Labute approximate surface area is 183 Å². The number of anilines is 1. The number of rotatable bonds is 7. The quantitative estimate of drug-likeness (QED) is 0.654. The van der Waals surface area contributed by atoms with Gasteiger partial charge in [0, 0.05) is 29.4 Å². The molecular weight excluding hydrogens is 425 g/mol. The van der Waals surface area contributed by atoms with Crippen LogP contribution in [0, 0.1) is 12.8 Å². The van der Waals surface area contributed by atoms with Crippen molar-refractivity contribution < 1.29 is 27.5 Å². The van der Waals surface area contributed by atoms with E-state index >= 15 is 0 Å². The number of aromatic nitrogens is 2. The molecule has 2 aromatic rings. The predicted molar refractivity (Wildman–Crippen MR) is 111 cm³/mol. The summed E-state index contributed by atoms with van der Waals surface area (Å²) in [5, 5.41) is 5.61. The third-order valence-corrected chi connectivity index (χ3v) is 5.18. The lowest BCUT2D eigenvalue weighted by molar-refractivity contribution is -0.154. The van der Waals surface area contributed by atoms with E-state index in [4.69, 9.17) is 0 Å². The van der Waals surface area contributed by atoms with Crippen LogP contribution in [0.2, 0.25) is 0 Å². The van der Waals surface area contributed by atoms with Gasteiger partial charge in [-0.3, -0.25) is 9.59 Å². The van der Waals surface area contributed by atoms with Gasteiger partial charge in [-0.1, -0.05) is 18.9 Å². The molecule has 1 atom stereocenters. The number of nitrogens with zero attached hydrogens (tertiary/aromatic N) is 2. The topological polar surface area (TPSA) is 93.2 Å². The van der Waals surface area contributed by atoms with Crippen molar-refractivity contribution in [1.82, 2.24) is 15.3 Å². The first kappa shape index (κ1) is 23.5. The Morgan fingerprint density at radius 3 is 2.56 bits per heavy atom. The van der Waals surface area contributed by atoms with Crippen molar-refractivity contribution in [2.45, 2.75) is 51.7 Å². The lowest BCUT2D eigenvalue weighted by Crippen LogP contribution is -2.27. The lowest BCUT2D eigenvalue weighted by atomic mass is 10.1. The van der Waals surface area contributed by atoms with E-state index in [-0.39, 0.29) is 23.6 Å². The third kappa shape index (κ3) is 6.66. The molecule has 32 heavy (non-hydrogen) atoms. The fourth-order valence-corrected chi connectivity index (χ4v) is 3.53. The minimum absolute atomic E-state index is 0.0230. The van der Waals surface area contributed by atoms with Gasteiger partial charge in [-0.2, -0.15) is 13.2 Å². The number of carbonyl (C=O) groups excluding carboxylic acids is 2. The second-order valence-corrected chi connectivity index (χ2v) is 7.88. The predicted octanol–water partition coefficient (Wildman–Crippen LogP) is 4.35. The van der Waals surface area contributed by atoms with Crippen LogP contribution in [-0.4, -0.2) is 34.6 Å². The maximum Gasteiger partial charge on any atom is 0.422 e. The summed E-state index contributed by atoms with van der Waals surface area (Å²) in [5.41, 5.74) is 1.52. The van der Waals surface area contributed by atoms with Crippen LogP contribution in [0.5, 0.6) is 5.88 Å². The number of halogens is 3. The number of aryl methyl sites for hydroxylation is 1. The first-order valence-electron chi connectivity index (χ1n) is 10.4. The Morgan fingerprint density at radius 2 is 1.94 bits per heavy atom. The van der Waals surface area contributed by atoms with Crippen molar-refractivity contribution in [3.8, 4) is 5.88 Å². The largest absolute Gasteiger partial charge is 0.468 e. The van der Waals surface area contributed by atoms with Crippen molar-refractivity contribution in [3.63, 3.8) is 0 Å². The third-order valence-electron chi connectivity index (χ3n) is 5.18. The summed E-state index contributed by atoms with van der Waals surface area (Å²) in [6, 6.07) is 5.52. The molecule has 2 N–H and O–H groups in total. The zero-order valence-corrected chi connectivity index (χ0v) is 17.8. The van der Waals surface area contributed by atoms with E-state index < -0.39 is 18.8 Å². The number of ether oxygens (including phenoxy) is 1. The normalized spacial score (nSPS) is 15.3. The zero-order valence-electron chi connectivity index (χ0n) is 17.8. The van der Waals surface area contributed by atoms with Crippen LogP contribution in [0.25, 0.3) is 0 Å². The summed E-state index contributed by atoms with van der Waals surface area (Å²) < 4.78 is 41.3. The monoisotopic (exact) mass is 450 g/mol. The Bertz CT molecular complexity index is 958. The molecule has 10 heteroatoms. The number of carbonyl (C=O) groups is 2. The highest BCUT2D eigenvalue weighted by Crippen LogP contribution is 2.26. The highest BCUT2D eigenvalue weighted by molar-refractivity contribution is 5.97. The van der Waals surface area contributed by atoms with Gasteiger partial charge >= 0.3 is 6.18 Å². The SMILES string of the molecule is Cc1cc(C(=O)NC(C)c2ccc(OCC(F)(F)F)nc2)cc(NC(=O)C2CCCC2)n1. The second kappa shape index (κ2) is 9.97. The molecule has 0 saturated heterocycles. The van der Waals surface area contributed by atoms with Gasteiger partial charge in [-0.15, -0.1) is 0 Å². The summed E-state index contributed by atoms with van der Waals surface area (Å²) in [7, 11) is 0. The maximum atomic E-state index is 12.7. The summed E-state index contributed by atoms with van der Waals surface area (Å²) in [5.74, 6) is -0.314. The summed E-state index contributed by atoms with van der Waals surface area (Å²) >= 11 is 0. The molecule has 2 heterocycles. The minimum atomic E-state index is -4.44. The highest BCUT2D eigenvalue weighted by atomic mass is 19.4. The van der Waals surface area contributed by atoms with Gasteiger partial charge in [0.15, 0.2) is 6.61 Å². The van der Waals surface area contributed by atoms with Crippen LogP contribution in [0.4, 0.5) is 19.0 Å². The maximum absolute atomic E-state index is 12.7. The molecule has 2 aromatic heterocycles. The number of alkyl halides is 3. The number of hydrogen-bond donors (Lipinski definition) is 2. The summed E-state index contributed by atoms with van der Waals surface area (Å²) in [6.07, 6.45) is 0.693. The van der Waals surface area contributed by atoms with Crippen molar-refractivity contribution in [2.24, 2.45) is 5.92 Å². The van der Waals surface area contributed by atoms with Crippen LogP contribution in [-0.2, 0) is 4.79 Å². The molecule has 1 aliphatic rings. The molecule has 7 nitrogen and oxygen atoms in total. The van der Waals surface area contributed by atoms with Gasteiger partial charge in [-0.05, 0) is 44.4 Å². The van der Waals surface area contributed by atoms with E-state index in [1.807, 2.05) is 0 Å². The number of pyridine rings is 2. The molecular formula is C22H25F3N4O3. The molecule has 0 aliphatic heterocycles. The van der Waals surface area contributed by atoms with Gasteiger partial charge in [0.2, 0.25) is 11.8 Å². The second-order valence-electron chi connectivity index (χ2n) is 7.88. The molecule has 0 spiro atoms. The van der Waals surface area contributed by atoms with Crippen LogP contribution >= 0.6 is 0 Å². The molecule has 2 amide bonds. The van der Waals surface area contributed by atoms with Gasteiger partial charge < -0.3 is 15.4 Å². The summed E-state index contributed by atoms with van der Waals surface area (Å²) in [4.78, 5) is 33.2. The van der Waals surface area contributed by atoms with Crippen molar-refractivity contribution in [1.29, 1.82) is 0 Å². The average Bonchev–Trinajstić information content (AvgIpc) is 3.26. The van der Waals surface area contributed by atoms with Gasteiger partial charge in [0.05, 0.1) is 6.04 Å². The zero-order chi connectivity index (χ0) is 23.3. The van der Waals surface area contributed by atoms with Crippen molar-refractivity contribution in [2.75, 3.05) is 11.9 Å². The molecule has 0 bridgehead atoms. The molecule has 1 fully saturated rings. The van der Waals surface area contributed by atoms with Crippen LogP contribution < -0.4 is 15.4 Å². The minimum Gasteiger partial charge on any atom is -0.468 e. The van der Waals surface area contributed by atoms with Gasteiger partial charge in [-0.25, -0.2) is 9.97 Å². The van der Waals surface area contributed by atoms with Crippen LogP contribution in [0.3, 0.4) is 0 Å². The Hall–Kier alpha value is -3.17. The number of hydrogen-bond acceptors (Lipinski definition) is 5. The highest BCUT2D eigenvalue weighted by Gasteiger charge is 2.28.